The van der Waals surface area contributed by atoms with Crippen LogP contribution in [0.5, 0.6) is 5.75 Å². The summed E-state index contributed by atoms with van der Waals surface area (Å²) >= 11 is 0. The molecule has 2 rings (SSSR count). The second kappa shape index (κ2) is 5.23. The van der Waals surface area contributed by atoms with Gasteiger partial charge in [0.05, 0.1) is 29.8 Å². The molecule has 110 valence electrons. The van der Waals surface area contributed by atoms with Crippen LogP contribution in [-0.2, 0) is 0 Å². The molecule has 0 amide bonds. The fourth-order valence-electron chi connectivity index (χ4n) is 2.26. The molecule has 1 aliphatic carbocycles. The first kappa shape index (κ1) is 15.1. The summed E-state index contributed by atoms with van der Waals surface area (Å²) < 4.78 is 5.01. The number of nitrogens with zero attached hydrogens (tertiary/aromatic N) is 1. The highest BCUT2D eigenvalue weighted by Crippen LogP contribution is 2.54. The van der Waals surface area contributed by atoms with E-state index in [-0.39, 0.29) is 5.56 Å². The quantitative estimate of drug-likeness (QED) is 0.868. The average molecular weight is 287 g/mol. The molecule has 0 bridgehead atoms. The predicted octanol–water partition coefficient (Wildman–Crippen LogP) is 2.46. The van der Waals surface area contributed by atoms with Crippen molar-refractivity contribution in [1.29, 1.82) is 5.26 Å². The lowest BCUT2D eigenvalue weighted by Crippen LogP contribution is -2.32. The van der Waals surface area contributed by atoms with E-state index in [1.165, 1.54) is 19.3 Å². The highest BCUT2D eigenvalue weighted by atomic mass is 16.5. The van der Waals surface area contributed by atoms with Crippen molar-refractivity contribution in [1.82, 2.24) is 0 Å². The minimum atomic E-state index is -1.28. The number of hydrogen-bond acceptors (Lipinski definition) is 4. The molecule has 0 radical (unpaired) electrons. The lowest BCUT2D eigenvalue weighted by Gasteiger charge is -2.24. The summed E-state index contributed by atoms with van der Waals surface area (Å²) in [6.07, 6.45) is 4.34. The second-order valence-corrected chi connectivity index (χ2v) is 5.43. The SMILES string of the molecule is COc1ccc(/C=C/[C@@](C)(O)C2(C#N)CC2)c(C(=O)O)c1. The van der Waals surface area contributed by atoms with E-state index in [0.717, 1.165) is 0 Å². The summed E-state index contributed by atoms with van der Waals surface area (Å²) in [4.78, 5) is 11.3. The van der Waals surface area contributed by atoms with Gasteiger partial charge in [0.2, 0.25) is 0 Å². The standard InChI is InChI=1S/C16H17NO4/c1-15(20,16(10-17)7-8-16)6-5-11-3-4-12(21-2)9-13(11)14(18)19/h3-6,9,20H,7-8H2,1-2H3,(H,18,19)/b6-5+/t15-/m1/s1. The van der Waals surface area contributed by atoms with Crippen molar-refractivity contribution >= 4 is 12.0 Å². The number of methoxy groups -OCH3 is 1. The number of aromatic carboxylic acids is 1. The Labute approximate surface area is 123 Å². The average Bonchev–Trinajstić information content (AvgIpc) is 3.26. The number of carboxylic acid groups (broad SMARTS) is 1. The van der Waals surface area contributed by atoms with Crippen molar-refractivity contribution in [2.75, 3.05) is 7.11 Å². The molecule has 0 heterocycles. The van der Waals surface area contributed by atoms with Gasteiger partial charge in [0.25, 0.3) is 0 Å². The molecular weight excluding hydrogens is 270 g/mol. The van der Waals surface area contributed by atoms with Gasteiger partial charge in [-0.2, -0.15) is 5.26 Å². The fourth-order valence-corrected chi connectivity index (χ4v) is 2.26. The normalized spacial score (nSPS) is 18.8. The number of ether oxygens (including phenoxy) is 1. The zero-order chi connectivity index (χ0) is 15.7. The lowest BCUT2D eigenvalue weighted by atomic mass is 9.86. The van der Waals surface area contributed by atoms with Crippen LogP contribution in [0.3, 0.4) is 0 Å². The van der Waals surface area contributed by atoms with Crippen molar-refractivity contribution in [3.05, 3.63) is 35.4 Å². The van der Waals surface area contributed by atoms with E-state index in [9.17, 15) is 15.0 Å². The molecule has 2 N–H and O–H groups in total. The maximum absolute atomic E-state index is 11.3. The van der Waals surface area contributed by atoms with Crippen molar-refractivity contribution in [2.24, 2.45) is 5.41 Å². The van der Waals surface area contributed by atoms with Gasteiger partial charge in [0.1, 0.15) is 5.75 Å². The molecule has 1 aromatic rings. The molecule has 21 heavy (non-hydrogen) atoms. The number of rotatable bonds is 5. The van der Waals surface area contributed by atoms with Crippen molar-refractivity contribution < 1.29 is 19.7 Å². The molecule has 5 heteroatoms. The van der Waals surface area contributed by atoms with Crippen molar-refractivity contribution in [3.63, 3.8) is 0 Å². The number of hydrogen-bond donors (Lipinski definition) is 2. The Morgan fingerprint density at radius 3 is 2.67 bits per heavy atom. The van der Waals surface area contributed by atoms with E-state index >= 15 is 0 Å². The zero-order valence-electron chi connectivity index (χ0n) is 12.0. The number of aliphatic hydroxyl groups is 1. The minimum absolute atomic E-state index is 0.0863. The Hall–Kier alpha value is -2.32. The van der Waals surface area contributed by atoms with E-state index in [4.69, 9.17) is 10.00 Å². The molecule has 1 aromatic carbocycles. The molecule has 0 unspecified atom stereocenters. The summed E-state index contributed by atoms with van der Waals surface area (Å²) in [5.41, 5.74) is -1.49. The van der Waals surface area contributed by atoms with Gasteiger partial charge in [0.15, 0.2) is 0 Å². The third-order valence-electron chi connectivity index (χ3n) is 4.01. The topological polar surface area (TPSA) is 90.5 Å². The summed E-state index contributed by atoms with van der Waals surface area (Å²) in [6, 6.07) is 6.83. The van der Waals surface area contributed by atoms with E-state index < -0.39 is 17.0 Å². The lowest BCUT2D eigenvalue weighted by molar-refractivity contribution is 0.0588. The third-order valence-corrected chi connectivity index (χ3v) is 4.01. The van der Waals surface area contributed by atoms with Crippen molar-refractivity contribution in [2.45, 2.75) is 25.4 Å². The first-order valence-electron chi connectivity index (χ1n) is 6.59. The Bertz CT molecular complexity index is 636. The zero-order valence-corrected chi connectivity index (χ0v) is 12.0. The van der Waals surface area contributed by atoms with Gasteiger partial charge in [-0.1, -0.05) is 18.2 Å². The third kappa shape index (κ3) is 2.76. The number of carbonyl (C=O) groups is 1. The van der Waals surface area contributed by atoms with Gasteiger partial charge in [-0.05, 0) is 37.5 Å². The molecular formula is C16H17NO4. The van der Waals surface area contributed by atoms with Crippen LogP contribution >= 0.6 is 0 Å². The Kier molecular flexibility index (Phi) is 3.75. The first-order valence-corrected chi connectivity index (χ1v) is 6.59. The summed E-state index contributed by atoms with van der Waals surface area (Å²) in [7, 11) is 1.46. The number of carboxylic acids is 1. The summed E-state index contributed by atoms with van der Waals surface area (Å²) in [5, 5.41) is 28.8. The van der Waals surface area contributed by atoms with E-state index in [1.807, 2.05) is 0 Å². The van der Waals surface area contributed by atoms with Gasteiger partial charge >= 0.3 is 5.97 Å². The van der Waals surface area contributed by atoms with Crippen LogP contribution in [0.25, 0.3) is 6.08 Å². The largest absolute Gasteiger partial charge is 0.497 e. The monoisotopic (exact) mass is 287 g/mol. The maximum atomic E-state index is 11.3. The van der Waals surface area contributed by atoms with Gasteiger partial charge in [-0.25, -0.2) is 4.79 Å². The molecule has 1 atom stereocenters. The molecule has 1 saturated carbocycles. The van der Waals surface area contributed by atoms with Crippen LogP contribution in [-0.4, -0.2) is 28.9 Å². The number of benzene rings is 1. The minimum Gasteiger partial charge on any atom is -0.497 e. The number of nitriles is 1. The van der Waals surface area contributed by atoms with Crippen molar-refractivity contribution in [3.8, 4) is 11.8 Å². The van der Waals surface area contributed by atoms with Crippen LogP contribution in [0, 0.1) is 16.7 Å². The van der Waals surface area contributed by atoms with Crippen LogP contribution in [0.4, 0.5) is 0 Å². The van der Waals surface area contributed by atoms with Crippen LogP contribution in [0.15, 0.2) is 24.3 Å². The van der Waals surface area contributed by atoms with E-state index in [1.54, 1.807) is 25.1 Å². The molecule has 5 nitrogen and oxygen atoms in total. The van der Waals surface area contributed by atoms with Crippen LogP contribution in [0.1, 0.15) is 35.7 Å². The van der Waals surface area contributed by atoms with E-state index in [0.29, 0.717) is 24.2 Å². The smallest absolute Gasteiger partial charge is 0.336 e. The Morgan fingerprint density at radius 2 is 2.19 bits per heavy atom. The highest BCUT2D eigenvalue weighted by molar-refractivity contribution is 5.92. The summed E-state index contributed by atoms with van der Waals surface area (Å²) in [6.45, 7) is 1.57. The molecule has 0 spiro atoms. The second-order valence-electron chi connectivity index (χ2n) is 5.43. The summed E-state index contributed by atoms with van der Waals surface area (Å²) in [5.74, 6) is -0.624. The molecule has 1 fully saturated rings. The van der Waals surface area contributed by atoms with Gasteiger partial charge < -0.3 is 14.9 Å². The molecule has 0 aromatic heterocycles. The predicted molar refractivity (Wildman–Crippen MR) is 76.9 cm³/mol. The first-order chi connectivity index (χ1) is 9.85. The van der Waals surface area contributed by atoms with Crippen LogP contribution < -0.4 is 4.74 Å². The Balaban J connectivity index is 2.33. The molecule has 0 aliphatic heterocycles. The fraction of sp³-hybridized carbons (Fsp3) is 0.375. The van der Waals surface area contributed by atoms with Gasteiger partial charge in [0, 0.05) is 0 Å². The molecule has 0 saturated heterocycles. The molecule has 1 aliphatic rings. The van der Waals surface area contributed by atoms with Gasteiger partial charge in [-0.15, -0.1) is 0 Å². The van der Waals surface area contributed by atoms with Crippen LogP contribution in [0.2, 0.25) is 0 Å². The highest BCUT2D eigenvalue weighted by Gasteiger charge is 2.55. The van der Waals surface area contributed by atoms with Gasteiger partial charge in [-0.3, -0.25) is 0 Å². The van der Waals surface area contributed by atoms with E-state index in [2.05, 4.69) is 6.07 Å². The Morgan fingerprint density at radius 1 is 1.52 bits per heavy atom. The maximum Gasteiger partial charge on any atom is 0.336 e.